The van der Waals surface area contributed by atoms with E-state index in [9.17, 15) is 4.79 Å². The summed E-state index contributed by atoms with van der Waals surface area (Å²) in [4.78, 5) is 16.0. The van der Waals surface area contributed by atoms with Gasteiger partial charge < -0.3 is 14.9 Å². The molecule has 0 unspecified atom stereocenters. The van der Waals surface area contributed by atoms with Gasteiger partial charge in [0, 0.05) is 11.5 Å². The van der Waals surface area contributed by atoms with E-state index in [1.165, 1.54) is 0 Å². The van der Waals surface area contributed by atoms with E-state index in [0.717, 1.165) is 5.39 Å². The maximum atomic E-state index is 11.7. The molecule has 2 aromatic carbocycles. The maximum Gasteiger partial charge on any atom is 0.254 e. The largest absolute Gasteiger partial charge is 0.497 e. The van der Waals surface area contributed by atoms with Crippen molar-refractivity contribution >= 4 is 22.6 Å². The number of carbonyl (C=O) groups is 1. The number of benzene rings is 2. The van der Waals surface area contributed by atoms with Crippen LogP contribution in [0.3, 0.4) is 0 Å². The van der Waals surface area contributed by atoms with E-state index in [1.807, 2.05) is 36.4 Å². The predicted octanol–water partition coefficient (Wildman–Crippen LogP) is 2.77. The Balaban J connectivity index is 2.25. The van der Waals surface area contributed by atoms with E-state index in [0.29, 0.717) is 17.0 Å². The number of hydrogen-bond donors (Lipinski definition) is 1. The van der Waals surface area contributed by atoms with Gasteiger partial charge in [0.25, 0.3) is 5.91 Å². The zero-order valence-corrected chi connectivity index (χ0v) is 11.9. The van der Waals surface area contributed by atoms with E-state index >= 15 is 0 Å². The van der Waals surface area contributed by atoms with Crippen LogP contribution < -0.4 is 16.0 Å². The van der Waals surface area contributed by atoms with Gasteiger partial charge in [-0.2, -0.15) is 0 Å². The zero-order chi connectivity index (χ0) is 15.5. The number of rotatable bonds is 3. The lowest BCUT2D eigenvalue weighted by Gasteiger charge is -2.03. The minimum Gasteiger partial charge on any atom is -0.497 e. The molecule has 0 aliphatic rings. The number of nitrogens with two attached hydrogens (primary N) is 1. The number of hydrogen-bond acceptors (Lipinski definition) is 4. The van der Waals surface area contributed by atoms with Crippen LogP contribution in [-0.2, 0) is 0 Å². The highest BCUT2D eigenvalue weighted by atomic mass is 16.5. The summed E-state index contributed by atoms with van der Waals surface area (Å²) in [5, 5.41) is 0.792. The van der Waals surface area contributed by atoms with Gasteiger partial charge >= 0.3 is 0 Å². The molecule has 2 N–H and O–H groups in total. The molecule has 110 valence electrons. The van der Waals surface area contributed by atoms with Crippen LogP contribution in [0.2, 0.25) is 0 Å². The van der Waals surface area contributed by atoms with Crippen LogP contribution in [0.5, 0.6) is 5.75 Å². The highest BCUT2D eigenvalue weighted by Crippen LogP contribution is 2.19. The lowest BCUT2D eigenvalue weighted by molar-refractivity contribution is 0.0996. The molecule has 0 aliphatic heterocycles. The average molecular weight is 294 g/mol. The monoisotopic (exact) mass is 294 g/mol. The third-order valence-electron chi connectivity index (χ3n) is 3.21. The van der Waals surface area contributed by atoms with Crippen LogP contribution in [0.25, 0.3) is 11.0 Å². The second-order valence-corrected chi connectivity index (χ2v) is 4.68. The number of methoxy groups -OCH3 is 1. The Morgan fingerprint density at radius 2 is 1.95 bits per heavy atom. The van der Waals surface area contributed by atoms with Gasteiger partial charge in [0.2, 0.25) is 5.55 Å². The van der Waals surface area contributed by atoms with E-state index in [4.69, 9.17) is 14.9 Å². The lowest BCUT2D eigenvalue weighted by Crippen LogP contribution is -2.21. The second-order valence-electron chi connectivity index (χ2n) is 4.68. The normalized spacial score (nSPS) is 11.6. The van der Waals surface area contributed by atoms with E-state index < -0.39 is 5.91 Å². The van der Waals surface area contributed by atoms with Gasteiger partial charge in [0.15, 0.2) is 0 Å². The molecular weight excluding hydrogens is 280 g/mol. The van der Waals surface area contributed by atoms with Crippen LogP contribution >= 0.6 is 0 Å². The Labute approximate surface area is 126 Å². The van der Waals surface area contributed by atoms with Crippen molar-refractivity contribution < 1.29 is 13.9 Å². The minimum absolute atomic E-state index is 0.180. The number of ether oxygens (including phenoxy) is 1. The number of amides is 1. The fraction of sp³-hybridized carbons (Fsp3) is 0.0588. The smallest absolute Gasteiger partial charge is 0.254 e. The quantitative estimate of drug-likeness (QED) is 0.806. The molecule has 0 spiro atoms. The third-order valence-corrected chi connectivity index (χ3v) is 3.21. The summed E-state index contributed by atoms with van der Waals surface area (Å²) in [6.07, 6.45) is 0. The number of para-hydroxylation sites is 1. The van der Waals surface area contributed by atoms with Crippen molar-refractivity contribution in [1.82, 2.24) is 0 Å². The highest BCUT2D eigenvalue weighted by Gasteiger charge is 2.09. The van der Waals surface area contributed by atoms with Gasteiger partial charge in [0.1, 0.15) is 16.9 Å². The van der Waals surface area contributed by atoms with Crippen molar-refractivity contribution in [3.05, 3.63) is 65.7 Å². The summed E-state index contributed by atoms with van der Waals surface area (Å²) >= 11 is 0. The van der Waals surface area contributed by atoms with Crippen molar-refractivity contribution in [3.63, 3.8) is 0 Å². The summed E-state index contributed by atoms with van der Waals surface area (Å²) in [5.74, 6) is 0.0822. The molecule has 1 aromatic heterocycles. The molecule has 1 amide bonds. The fourth-order valence-corrected chi connectivity index (χ4v) is 2.13. The van der Waals surface area contributed by atoms with E-state index in [-0.39, 0.29) is 11.1 Å². The molecule has 0 aliphatic carbocycles. The van der Waals surface area contributed by atoms with Gasteiger partial charge in [-0.15, -0.1) is 0 Å². The van der Waals surface area contributed by atoms with E-state index in [2.05, 4.69) is 4.99 Å². The molecule has 0 fully saturated rings. The third kappa shape index (κ3) is 2.69. The first kappa shape index (κ1) is 13.9. The molecule has 0 atom stereocenters. The van der Waals surface area contributed by atoms with E-state index in [1.54, 1.807) is 25.3 Å². The molecule has 3 rings (SSSR count). The summed E-state index contributed by atoms with van der Waals surface area (Å²) in [6.45, 7) is 0. The number of nitrogens with zero attached hydrogens (tertiary/aromatic N) is 1. The average Bonchev–Trinajstić information content (AvgIpc) is 2.54. The van der Waals surface area contributed by atoms with Gasteiger partial charge in [-0.1, -0.05) is 24.3 Å². The number of carbonyl (C=O) groups excluding carboxylic acids is 1. The first-order valence-electron chi connectivity index (χ1n) is 6.69. The van der Waals surface area contributed by atoms with Crippen molar-refractivity contribution in [2.45, 2.75) is 0 Å². The molecule has 22 heavy (non-hydrogen) atoms. The van der Waals surface area contributed by atoms with Crippen LogP contribution in [0.4, 0.5) is 5.69 Å². The van der Waals surface area contributed by atoms with Crippen molar-refractivity contribution in [2.24, 2.45) is 10.7 Å². The Morgan fingerprint density at radius 1 is 1.14 bits per heavy atom. The van der Waals surface area contributed by atoms with Crippen LogP contribution in [0.1, 0.15) is 10.4 Å². The summed E-state index contributed by atoms with van der Waals surface area (Å²) < 4.78 is 10.9. The Hall–Kier alpha value is -3.08. The molecular formula is C17H14N2O3. The zero-order valence-electron chi connectivity index (χ0n) is 11.9. The Morgan fingerprint density at radius 3 is 2.73 bits per heavy atom. The molecule has 3 aromatic rings. The van der Waals surface area contributed by atoms with Gasteiger partial charge in [-0.25, -0.2) is 4.99 Å². The first-order chi connectivity index (χ1) is 10.7. The van der Waals surface area contributed by atoms with Crippen LogP contribution in [0, 0.1) is 0 Å². The Kier molecular flexibility index (Phi) is 3.62. The lowest BCUT2D eigenvalue weighted by atomic mass is 10.2. The Bertz CT molecular complexity index is 913. The minimum atomic E-state index is -0.587. The predicted molar refractivity (Wildman–Crippen MR) is 82.9 cm³/mol. The number of primary amides is 1. The molecule has 5 nitrogen and oxygen atoms in total. The van der Waals surface area contributed by atoms with Crippen LogP contribution in [-0.4, -0.2) is 13.0 Å². The SMILES string of the molecule is COc1cccc(N=c2oc3ccccc3cc2C(N)=O)c1. The second kappa shape index (κ2) is 5.73. The standard InChI is InChI=1S/C17H14N2O3/c1-21-13-7-4-6-12(10-13)19-17-14(16(18)20)9-11-5-2-3-8-15(11)22-17/h2-10H,1H3,(H2,18,20). The fourth-order valence-electron chi connectivity index (χ4n) is 2.13. The summed E-state index contributed by atoms with van der Waals surface area (Å²) in [5.41, 5.74) is 7.09. The molecule has 5 heteroatoms. The molecule has 0 saturated carbocycles. The van der Waals surface area contributed by atoms with Gasteiger partial charge in [-0.3, -0.25) is 4.79 Å². The molecule has 0 radical (unpaired) electrons. The van der Waals surface area contributed by atoms with Gasteiger partial charge in [-0.05, 0) is 24.3 Å². The summed E-state index contributed by atoms with van der Waals surface area (Å²) in [6, 6.07) is 16.2. The molecule has 0 bridgehead atoms. The maximum absolute atomic E-state index is 11.7. The topological polar surface area (TPSA) is 77.8 Å². The summed E-state index contributed by atoms with van der Waals surface area (Å²) in [7, 11) is 1.58. The van der Waals surface area contributed by atoms with Crippen molar-refractivity contribution in [3.8, 4) is 5.75 Å². The molecule has 1 heterocycles. The highest BCUT2D eigenvalue weighted by molar-refractivity contribution is 5.95. The van der Waals surface area contributed by atoms with Crippen molar-refractivity contribution in [2.75, 3.05) is 7.11 Å². The number of fused-ring (bicyclic) bond motifs is 1. The molecule has 0 saturated heterocycles. The van der Waals surface area contributed by atoms with Gasteiger partial charge in [0.05, 0.1) is 12.8 Å². The van der Waals surface area contributed by atoms with Crippen molar-refractivity contribution in [1.29, 1.82) is 0 Å². The first-order valence-corrected chi connectivity index (χ1v) is 6.69. The van der Waals surface area contributed by atoms with Crippen LogP contribution in [0.15, 0.2) is 64.0 Å².